The molecular weight excluding hydrogens is 313 g/mol. The topological polar surface area (TPSA) is 56.1 Å². The number of anilines is 1. The number of nitrogens with zero attached hydrogens (tertiary/aromatic N) is 2. The molecule has 1 unspecified atom stereocenters. The van der Waals surface area contributed by atoms with Crippen LogP contribution in [0.1, 0.15) is 16.5 Å². The Labute approximate surface area is 137 Å². The van der Waals surface area contributed by atoms with Gasteiger partial charge in [-0.1, -0.05) is 18.2 Å². The van der Waals surface area contributed by atoms with Crippen LogP contribution >= 0.6 is 11.8 Å². The Morgan fingerprint density at radius 2 is 2.00 bits per heavy atom. The van der Waals surface area contributed by atoms with Crippen molar-refractivity contribution >= 4 is 23.5 Å². The highest BCUT2D eigenvalue weighted by atomic mass is 32.2. The lowest BCUT2D eigenvalue weighted by Crippen LogP contribution is -2.34. The summed E-state index contributed by atoms with van der Waals surface area (Å²) in [5, 5.41) is 11.3. The maximum atomic E-state index is 14.0. The predicted molar refractivity (Wildman–Crippen MR) is 88.5 cm³/mol. The van der Waals surface area contributed by atoms with Crippen LogP contribution in [0.4, 0.5) is 14.9 Å². The molecule has 116 valence electrons. The molecule has 1 aliphatic rings. The van der Waals surface area contributed by atoms with Gasteiger partial charge in [0.2, 0.25) is 0 Å². The van der Waals surface area contributed by atoms with E-state index in [1.165, 1.54) is 6.07 Å². The first-order valence-corrected chi connectivity index (χ1v) is 8.18. The molecule has 0 aromatic heterocycles. The molecule has 4 nitrogen and oxygen atoms in total. The summed E-state index contributed by atoms with van der Waals surface area (Å²) in [7, 11) is 0. The Kier molecular flexibility index (Phi) is 4.49. The molecular formula is C17H14FN3OS. The summed E-state index contributed by atoms with van der Waals surface area (Å²) in [6, 6.07) is 14.9. The molecule has 0 bridgehead atoms. The first-order chi connectivity index (χ1) is 11.2. The molecule has 1 aliphatic heterocycles. The second kappa shape index (κ2) is 6.71. The summed E-state index contributed by atoms with van der Waals surface area (Å²) >= 11 is 1.54. The third-order valence-electron chi connectivity index (χ3n) is 3.59. The molecule has 2 amide bonds. The van der Waals surface area contributed by atoms with Gasteiger partial charge in [-0.2, -0.15) is 5.26 Å². The summed E-state index contributed by atoms with van der Waals surface area (Å²) in [4.78, 5) is 14.1. The number of benzene rings is 2. The summed E-state index contributed by atoms with van der Waals surface area (Å²) in [5.41, 5.74) is 1.66. The molecule has 23 heavy (non-hydrogen) atoms. The number of carbonyl (C=O) groups is 1. The van der Waals surface area contributed by atoms with Crippen molar-refractivity contribution in [3.05, 3.63) is 65.5 Å². The Bertz CT molecular complexity index is 757. The van der Waals surface area contributed by atoms with Crippen LogP contribution in [0.25, 0.3) is 0 Å². The van der Waals surface area contributed by atoms with Crippen LogP contribution in [0.15, 0.2) is 48.5 Å². The standard InChI is InChI=1S/C17H14FN3OS/c18-15-4-2-1-3-14(15)16-21(9-10-23-16)17(22)20-13-7-5-12(11-19)6-8-13/h1-8,16H,9-10H2,(H,20,22). The van der Waals surface area contributed by atoms with E-state index < -0.39 is 0 Å². The van der Waals surface area contributed by atoms with Gasteiger partial charge in [0.05, 0.1) is 11.6 Å². The largest absolute Gasteiger partial charge is 0.323 e. The van der Waals surface area contributed by atoms with Crippen LogP contribution in [0.2, 0.25) is 0 Å². The zero-order chi connectivity index (χ0) is 16.2. The number of carbonyl (C=O) groups excluding carboxylic acids is 1. The molecule has 1 fully saturated rings. The van der Waals surface area contributed by atoms with Crippen LogP contribution < -0.4 is 5.32 Å². The molecule has 0 saturated carbocycles. The van der Waals surface area contributed by atoms with E-state index in [-0.39, 0.29) is 17.2 Å². The molecule has 0 aliphatic carbocycles. The second-order valence-corrected chi connectivity index (χ2v) is 6.25. The molecule has 1 atom stereocenters. The first kappa shape index (κ1) is 15.4. The van der Waals surface area contributed by atoms with Gasteiger partial charge in [0.25, 0.3) is 0 Å². The Balaban J connectivity index is 1.75. The van der Waals surface area contributed by atoms with Gasteiger partial charge in [-0.05, 0) is 30.3 Å². The fourth-order valence-electron chi connectivity index (χ4n) is 2.43. The van der Waals surface area contributed by atoms with Gasteiger partial charge in [-0.25, -0.2) is 9.18 Å². The zero-order valence-corrected chi connectivity index (χ0v) is 13.0. The Morgan fingerprint density at radius 3 is 2.70 bits per heavy atom. The van der Waals surface area contributed by atoms with Crippen molar-refractivity contribution in [3.63, 3.8) is 0 Å². The normalized spacial score (nSPS) is 16.9. The molecule has 0 spiro atoms. The summed E-state index contributed by atoms with van der Waals surface area (Å²) in [6.07, 6.45) is 0. The van der Waals surface area contributed by atoms with Crippen LogP contribution in [0.5, 0.6) is 0 Å². The maximum absolute atomic E-state index is 14.0. The van der Waals surface area contributed by atoms with E-state index in [1.54, 1.807) is 59.1 Å². The van der Waals surface area contributed by atoms with E-state index in [1.807, 2.05) is 6.07 Å². The van der Waals surface area contributed by atoms with Gasteiger partial charge >= 0.3 is 6.03 Å². The highest BCUT2D eigenvalue weighted by Crippen LogP contribution is 2.39. The molecule has 0 radical (unpaired) electrons. The highest BCUT2D eigenvalue weighted by molar-refractivity contribution is 7.99. The summed E-state index contributed by atoms with van der Waals surface area (Å²) in [5.74, 6) is 0.461. The highest BCUT2D eigenvalue weighted by Gasteiger charge is 2.32. The minimum Gasteiger partial charge on any atom is -0.308 e. The van der Waals surface area contributed by atoms with Gasteiger partial charge in [0, 0.05) is 23.5 Å². The number of urea groups is 1. The van der Waals surface area contributed by atoms with Crippen LogP contribution in [-0.2, 0) is 0 Å². The van der Waals surface area contributed by atoms with Gasteiger partial charge in [-0.15, -0.1) is 11.8 Å². The number of nitriles is 1. The van der Waals surface area contributed by atoms with Crippen LogP contribution in [-0.4, -0.2) is 23.2 Å². The number of hydrogen-bond acceptors (Lipinski definition) is 3. The van der Waals surface area contributed by atoms with E-state index in [0.717, 1.165) is 5.75 Å². The van der Waals surface area contributed by atoms with Gasteiger partial charge in [0.15, 0.2) is 0 Å². The third-order valence-corrected chi connectivity index (χ3v) is 4.83. The molecule has 3 rings (SSSR count). The predicted octanol–water partition coefficient (Wildman–Crippen LogP) is 3.98. The van der Waals surface area contributed by atoms with E-state index in [2.05, 4.69) is 5.32 Å². The number of hydrogen-bond donors (Lipinski definition) is 1. The molecule has 6 heteroatoms. The molecule has 1 N–H and O–H groups in total. The summed E-state index contributed by atoms with van der Waals surface area (Å²) < 4.78 is 14.0. The number of thioether (sulfide) groups is 1. The quantitative estimate of drug-likeness (QED) is 0.908. The Morgan fingerprint density at radius 1 is 1.26 bits per heavy atom. The molecule has 1 saturated heterocycles. The summed E-state index contributed by atoms with van der Waals surface area (Å²) in [6.45, 7) is 0.561. The third kappa shape index (κ3) is 3.30. The minimum absolute atomic E-state index is 0.270. The van der Waals surface area contributed by atoms with Crippen molar-refractivity contribution in [2.24, 2.45) is 0 Å². The lowest BCUT2D eigenvalue weighted by Gasteiger charge is -2.24. The average molecular weight is 327 g/mol. The van der Waals surface area contributed by atoms with Crippen LogP contribution in [0.3, 0.4) is 0 Å². The van der Waals surface area contributed by atoms with Crippen LogP contribution in [0, 0.1) is 17.1 Å². The molecule has 2 aromatic rings. The maximum Gasteiger partial charge on any atom is 0.323 e. The molecule has 1 heterocycles. The van der Waals surface area contributed by atoms with E-state index in [9.17, 15) is 9.18 Å². The molecule has 2 aromatic carbocycles. The second-order valence-electron chi connectivity index (χ2n) is 5.06. The van der Waals surface area contributed by atoms with Crippen molar-refractivity contribution in [1.82, 2.24) is 4.90 Å². The first-order valence-electron chi connectivity index (χ1n) is 7.13. The van der Waals surface area contributed by atoms with Crippen molar-refractivity contribution in [2.75, 3.05) is 17.6 Å². The van der Waals surface area contributed by atoms with Crippen molar-refractivity contribution in [1.29, 1.82) is 5.26 Å². The van der Waals surface area contributed by atoms with Crippen molar-refractivity contribution < 1.29 is 9.18 Å². The van der Waals surface area contributed by atoms with Crippen molar-refractivity contribution in [2.45, 2.75) is 5.37 Å². The number of rotatable bonds is 2. The van der Waals surface area contributed by atoms with Gasteiger partial charge < -0.3 is 10.2 Å². The minimum atomic E-state index is -0.324. The number of nitrogens with one attached hydrogen (secondary N) is 1. The lowest BCUT2D eigenvalue weighted by molar-refractivity contribution is 0.213. The smallest absolute Gasteiger partial charge is 0.308 e. The van der Waals surface area contributed by atoms with Crippen molar-refractivity contribution in [3.8, 4) is 6.07 Å². The van der Waals surface area contributed by atoms with Gasteiger partial charge in [0.1, 0.15) is 11.2 Å². The fraction of sp³-hybridized carbons (Fsp3) is 0.176. The van der Waals surface area contributed by atoms with Gasteiger partial charge in [-0.3, -0.25) is 0 Å². The number of amides is 2. The van der Waals surface area contributed by atoms with E-state index >= 15 is 0 Å². The van der Waals surface area contributed by atoms with E-state index in [4.69, 9.17) is 5.26 Å². The Hall–Kier alpha value is -2.52. The monoisotopic (exact) mass is 327 g/mol. The van der Waals surface area contributed by atoms with E-state index in [0.29, 0.717) is 23.4 Å². The zero-order valence-electron chi connectivity index (χ0n) is 12.2. The fourth-order valence-corrected chi connectivity index (χ4v) is 3.71. The SMILES string of the molecule is N#Cc1ccc(NC(=O)N2CCSC2c2ccccc2F)cc1. The average Bonchev–Trinajstić information content (AvgIpc) is 3.05. The number of halogens is 1. The lowest BCUT2D eigenvalue weighted by atomic mass is 10.2.